The van der Waals surface area contributed by atoms with Crippen LogP contribution >= 0.6 is 0 Å². The maximum absolute atomic E-state index is 11.4. The van der Waals surface area contributed by atoms with E-state index in [2.05, 4.69) is 0 Å². The Morgan fingerprint density at radius 2 is 1.65 bits per heavy atom. The first-order valence-corrected chi connectivity index (χ1v) is 9.29. The summed E-state index contributed by atoms with van der Waals surface area (Å²) >= 11 is 0. The average Bonchev–Trinajstić information content (AvgIpc) is 2.61. The molecular weight excluding hydrogens is 366 g/mol. The third-order valence-corrected chi connectivity index (χ3v) is 5.12. The summed E-state index contributed by atoms with van der Waals surface area (Å²) < 4.78 is 33.6. The highest BCUT2D eigenvalue weighted by Gasteiger charge is 2.44. The van der Waals surface area contributed by atoms with E-state index in [9.17, 15) is 28.8 Å². The van der Waals surface area contributed by atoms with E-state index in [0.717, 1.165) is 0 Å². The topological polar surface area (TPSA) is 160 Å². The van der Waals surface area contributed by atoms with Gasteiger partial charge in [-0.1, -0.05) is 12.1 Å². The van der Waals surface area contributed by atoms with Gasteiger partial charge in [-0.2, -0.15) is 0 Å². The Morgan fingerprint density at radius 3 is 2.31 bits per heavy atom. The van der Waals surface area contributed by atoms with Crippen LogP contribution in [-0.2, 0) is 14.8 Å². The summed E-state index contributed by atoms with van der Waals surface area (Å²) in [5.41, 5.74) is 0. The summed E-state index contributed by atoms with van der Waals surface area (Å²) in [6.07, 6.45) is -6.90. The standard InChI is InChI=1S/C16H19NO8S/c17-26(22,23)11-4-2-8-5-10(3-1-9(8)6-11)24-16-15(21)14(20)13(19)12(7-18)25-16/h1-6,12-16,18-21H,7H2,(H2,17,22,23)/t12-,13-,14+,15-,16+/m1/s1. The highest BCUT2D eigenvalue weighted by atomic mass is 32.2. The van der Waals surface area contributed by atoms with Crippen LogP contribution in [0.25, 0.3) is 10.8 Å². The number of sulfonamides is 1. The number of primary sulfonamides is 1. The molecule has 0 spiro atoms. The van der Waals surface area contributed by atoms with Crippen LogP contribution in [-0.4, -0.2) is 66.2 Å². The van der Waals surface area contributed by atoms with E-state index in [0.29, 0.717) is 10.8 Å². The molecule has 1 saturated heterocycles. The molecule has 1 aliphatic heterocycles. The number of nitrogens with two attached hydrogens (primary N) is 1. The quantitative estimate of drug-likeness (QED) is 0.433. The second-order valence-corrected chi connectivity index (χ2v) is 7.59. The Hall–Kier alpha value is -1.79. The summed E-state index contributed by atoms with van der Waals surface area (Å²) in [6, 6.07) is 9.04. The molecule has 1 heterocycles. The first kappa shape index (κ1) is 19.0. The van der Waals surface area contributed by atoms with Crippen molar-refractivity contribution in [2.75, 3.05) is 6.61 Å². The van der Waals surface area contributed by atoms with Gasteiger partial charge in [-0.3, -0.25) is 0 Å². The average molecular weight is 385 g/mol. The second-order valence-electron chi connectivity index (χ2n) is 6.03. The van der Waals surface area contributed by atoms with Crippen molar-refractivity contribution in [3.63, 3.8) is 0 Å². The maximum atomic E-state index is 11.4. The van der Waals surface area contributed by atoms with Crippen molar-refractivity contribution < 1.29 is 38.3 Å². The first-order chi connectivity index (χ1) is 12.2. The van der Waals surface area contributed by atoms with Crippen molar-refractivity contribution >= 4 is 20.8 Å². The molecule has 0 aromatic heterocycles. The lowest BCUT2D eigenvalue weighted by Crippen LogP contribution is -2.60. The smallest absolute Gasteiger partial charge is 0.238 e. The zero-order valence-corrected chi connectivity index (χ0v) is 14.3. The zero-order valence-electron chi connectivity index (χ0n) is 13.5. The minimum absolute atomic E-state index is 0.0207. The van der Waals surface area contributed by atoms with Gasteiger partial charge in [-0.15, -0.1) is 0 Å². The Bertz CT molecular complexity index is 900. The van der Waals surface area contributed by atoms with E-state index < -0.39 is 47.3 Å². The van der Waals surface area contributed by atoms with Gasteiger partial charge in [0.1, 0.15) is 30.2 Å². The van der Waals surface area contributed by atoms with Crippen molar-refractivity contribution in [3.8, 4) is 5.75 Å². The second kappa shape index (κ2) is 7.08. The molecule has 2 aromatic rings. The molecule has 2 aromatic carbocycles. The van der Waals surface area contributed by atoms with Crippen molar-refractivity contribution in [1.29, 1.82) is 0 Å². The van der Waals surface area contributed by atoms with E-state index >= 15 is 0 Å². The van der Waals surface area contributed by atoms with Crippen LogP contribution in [0, 0.1) is 0 Å². The highest BCUT2D eigenvalue weighted by molar-refractivity contribution is 7.89. The maximum Gasteiger partial charge on any atom is 0.238 e. The molecule has 0 radical (unpaired) electrons. The number of aliphatic hydroxyl groups is 4. The molecule has 9 nitrogen and oxygen atoms in total. The summed E-state index contributed by atoms with van der Waals surface area (Å²) in [4.78, 5) is -0.0207. The molecule has 10 heteroatoms. The van der Waals surface area contributed by atoms with Crippen LogP contribution < -0.4 is 9.88 Å². The van der Waals surface area contributed by atoms with E-state index in [1.165, 1.54) is 18.2 Å². The van der Waals surface area contributed by atoms with E-state index in [1.807, 2.05) is 0 Å². The number of hydrogen-bond acceptors (Lipinski definition) is 8. The Kier molecular flexibility index (Phi) is 5.17. The Labute approximate surface area is 149 Å². The summed E-state index contributed by atoms with van der Waals surface area (Å²) in [5, 5.41) is 45.1. The molecule has 0 aliphatic carbocycles. The predicted molar refractivity (Wildman–Crippen MR) is 89.7 cm³/mol. The van der Waals surface area contributed by atoms with Gasteiger partial charge >= 0.3 is 0 Å². The molecule has 0 amide bonds. The van der Waals surface area contributed by atoms with Crippen LogP contribution in [0.3, 0.4) is 0 Å². The molecule has 3 rings (SSSR count). The lowest BCUT2D eigenvalue weighted by Gasteiger charge is -2.39. The number of rotatable bonds is 4. The van der Waals surface area contributed by atoms with Gasteiger partial charge in [0, 0.05) is 0 Å². The third kappa shape index (κ3) is 3.67. The van der Waals surface area contributed by atoms with E-state index in [4.69, 9.17) is 14.6 Å². The first-order valence-electron chi connectivity index (χ1n) is 7.74. The van der Waals surface area contributed by atoms with Gasteiger partial charge < -0.3 is 29.9 Å². The molecule has 5 atom stereocenters. The number of hydrogen-bond donors (Lipinski definition) is 5. The van der Waals surface area contributed by atoms with Gasteiger partial charge in [0.05, 0.1) is 11.5 Å². The van der Waals surface area contributed by atoms with Gasteiger partial charge in [-0.25, -0.2) is 13.6 Å². The van der Waals surface area contributed by atoms with Gasteiger partial charge in [0.15, 0.2) is 0 Å². The SMILES string of the molecule is NS(=O)(=O)c1ccc2cc(O[C@H]3O[C@H](CO)[C@@H](O)[C@H](O)[C@H]3O)ccc2c1. The van der Waals surface area contributed by atoms with Gasteiger partial charge in [0.2, 0.25) is 16.3 Å². The minimum Gasteiger partial charge on any atom is -0.462 e. The monoisotopic (exact) mass is 385 g/mol. The van der Waals surface area contributed by atoms with Gasteiger partial charge in [0.25, 0.3) is 0 Å². The van der Waals surface area contributed by atoms with Crippen LogP contribution in [0.1, 0.15) is 0 Å². The lowest BCUT2D eigenvalue weighted by molar-refractivity contribution is -0.277. The molecule has 1 aliphatic rings. The molecule has 142 valence electrons. The Morgan fingerprint density at radius 1 is 1.00 bits per heavy atom. The Balaban J connectivity index is 1.84. The van der Waals surface area contributed by atoms with Crippen LogP contribution in [0.4, 0.5) is 0 Å². The van der Waals surface area contributed by atoms with Crippen LogP contribution in [0.2, 0.25) is 0 Å². The summed E-state index contributed by atoms with van der Waals surface area (Å²) in [5.74, 6) is 0.283. The number of ether oxygens (including phenoxy) is 2. The van der Waals surface area contributed by atoms with Crippen LogP contribution in [0.5, 0.6) is 5.75 Å². The summed E-state index contributed by atoms with van der Waals surface area (Å²) in [7, 11) is -3.81. The molecule has 0 bridgehead atoms. The molecule has 0 saturated carbocycles. The number of aliphatic hydroxyl groups excluding tert-OH is 4. The van der Waals surface area contributed by atoms with Crippen molar-refractivity contribution in [3.05, 3.63) is 36.4 Å². The van der Waals surface area contributed by atoms with Gasteiger partial charge in [-0.05, 0) is 35.0 Å². The fraction of sp³-hybridized carbons (Fsp3) is 0.375. The molecular formula is C16H19NO8S. The molecule has 1 fully saturated rings. The van der Waals surface area contributed by atoms with Crippen molar-refractivity contribution in [1.82, 2.24) is 0 Å². The normalized spacial score (nSPS) is 29.7. The fourth-order valence-electron chi connectivity index (χ4n) is 2.75. The molecule has 0 unspecified atom stereocenters. The zero-order chi connectivity index (χ0) is 19.1. The fourth-order valence-corrected chi connectivity index (χ4v) is 3.30. The lowest BCUT2D eigenvalue weighted by atomic mass is 9.99. The number of benzene rings is 2. The minimum atomic E-state index is -3.81. The predicted octanol–water partition coefficient (Wildman–Crippen LogP) is -1.33. The van der Waals surface area contributed by atoms with Crippen molar-refractivity contribution in [2.45, 2.75) is 35.6 Å². The largest absolute Gasteiger partial charge is 0.462 e. The molecule has 26 heavy (non-hydrogen) atoms. The van der Waals surface area contributed by atoms with Crippen LogP contribution in [0.15, 0.2) is 41.3 Å². The third-order valence-electron chi connectivity index (χ3n) is 4.21. The molecule has 6 N–H and O–H groups in total. The van der Waals surface area contributed by atoms with Crippen molar-refractivity contribution in [2.24, 2.45) is 5.14 Å². The van der Waals surface area contributed by atoms with E-state index in [1.54, 1.807) is 18.2 Å². The number of fused-ring (bicyclic) bond motifs is 1. The van der Waals surface area contributed by atoms with E-state index in [-0.39, 0.29) is 10.6 Å². The summed E-state index contributed by atoms with van der Waals surface area (Å²) in [6.45, 7) is -0.557. The highest BCUT2D eigenvalue weighted by Crippen LogP contribution is 2.27.